The van der Waals surface area contributed by atoms with Gasteiger partial charge in [-0.05, 0) is 12.8 Å². The van der Waals surface area contributed by atoms with Crippen molar-refractivity contribution < 1.29 is 0 Å². The molecule has 0 amide bonds. The topological polar surface area (TPSA) is 21.9 Å². The Hall–Kier alpha value is -0.0400. The molecule has 0 unspecified atom stereocenters. The average molecular weight is 97.2 g/mol. The van der Waals surface area contributed by atoms with E-state index in [2.05, 4.69) is 5.32 Å². The van der Waals surface area contributed by atoms with Gasteiger partial charge in [0.15, 0.2) is 0 Å². The van der Waals surface area contributed by atoms with Crippen LogP contribution in [-0.4, -0.2) is 12.1 Å². The summed E-state index contributed by atoms with van der Waals surface area (Å²) in [5.41, 5.74) is 0.694. The van der Waals surface area contributed by atoms with E-state index in [1.807, 2.05) is 0 Å². The second-order valence-corrected chi connectivity index (χ2v) is 2.84. The monoisotopic (exact) mass is 97.1 g/mol. The molecule has 0 radical (unpaired) electrons. The first-order chi connectivity index (χ1) is 3.41. The van der Waals surface area contributed by atoms with Crippen molar-refractivity contribution in [3.63, 3.8) is 0 Å². The molecule has 7 heavy (non-hydrogen) atoms. The second kappa shape index (κ2) is 1.03. The van der Waals surface area contributed by atoms with Crippen molar-refractivity contribution in [1.82, 2.24) is 5.32 Å². The lowest BCUT2D eigenvalue weighted by Gasteiger charge is -1.96. The molecule has 0 atom stereocenters. The van der Waals surface area contributed by atoms with Gasteiger partial charge >= 0.3 is 0 Å². The molecule has 1 heterocycles. The molecule has 1 heteroatoms. The van der Waals surface area contributed by atoms with E-state index in [4.69, 9.17) is 0 Å². The first-order valence-corrected chi connectivity index (χ1v) is 3.16. The summed E-state index contributed by atoms with van der Waals surface area (Å²) in [6.45, 7) is 1.31. The molecule has 1 nitrogen and oxygen atoms in total. The standard InChI is InChI=1S/C6H11N/c1-2-4-6(3-1)5-7-6/h7H,1-5H2. The highest BCUT2D eigenvalue weighted by molar-refractivity contribution is 5.06. The Labute approximate surface area is 44.1 Å². The first-order valence-electron chi connectivity index (χ1n) is 3.16. The minimum atomic E-state index is 0.694. The molecular formula is C6H11N. The molecule has 1 saturated heterocycles. The van der Waals surface area contributed by atoms with Gasteiger partial charge in [0.2, 0.25) is 0 Å². The Bertz CT molecular complexity index is 76.2. The number of hydrogen-bond donors (Lipinski definition) is 1. The molecule has 0 aromatic heterocycles. The van der Waals surface area contributed by atoms with E-state index in [1.165, 1.54) is 32.2 Å². The van der Waals surface area contributed by atoms with Crippen molar-refractivity contribution in [3.8, 4) is 0 Å². The summed E-state index contributed by atoms with van der Waals surface area (Å²) in [6.07, 6.45) is 5.83. The summed E-state index contributed by atoms with van der Waals surface area (Å²) in [4.78, 5) is 0. The average Bonchev–Trinajstić information content (AvgIpc) is 2.15. The van der Waals surface area contributed by atoms with Crippen LogP contribution in [0.25, 0.3) is 0 Å². The molecule has 1 spiro atoms. The fourth-order valence-corrected chi connectivity index (χ4v) is 1.53. The van der Waals surface area contributed by atoms with E-state index in [9.17, 15) is 0 Å². The normalized spacial score (nSPS) is 34.3. The summed E-state index contributed by atoms with van der Waals surface area (Å²) < 4.78 is 0. The van der Waals surface area contributed by atoms with Crippen molar-refractivity contribution in [1.29, 1.82) is 0 Å². The zero-order valence-corrected chi connectivity index (χ0v) is 4.54. The molecule has 0 aromatic rings. The minimum Gasteiger partial charge on any atom is -0.308 e. The van der Waals surface area contributed by atoms with Crippen LogP contribution in [0.1, 0.15) is 25.7 Å². The van der Waals surface area contributed by atoms with E-state index < -0.39 is 0 Å². The Kier molecular flexibility index (Phi) is 0.571. The molecule has 40 valence electrons. The van der Waals surface area contributed by atoms with Crippen molar-refractivity contribution >= 4 is 0 Å². The summed E-state index contributed by atoms with van der Waals surface area (Å²) in [5, 5.41) is 3.41. The Balaban J connectivity index is 2.07. The maximum atomic E-state index is 3.41. The van der Waals surface area contributed by atoms with Gasteiger partial charge in [0.25, 0.3) is 0 Å². The van der Waals surface area contributed by atoms with E-state index in [-0.39, 0.29) is 0 Å². The van der Waals surface area contributed by atoms with Gasteiger partial charge in [-0.15, -0.1) is 0 Å². The number of nitrogens with one attached hydrogen (secondary N) is 1. The van der Waals surface area contributed by atoms with Crippen LogP contribution in [0.3, 0.4) is 0 Å². The van der Waals surface area contributed by atoms with Crippen LogP contribution < -0.4 is 5.32 Å². The zero-order chi connectivity index (χ0) is 4.74. The number of rotatable bonds is 0. The Morgan fingerprint density at radius 1 is 1.14 bits per heavy atom. The van der Waals surface area contributed by atoms with Gasteiger partial charge < -0.3 is 5.32 Å². The molecule has 2 fully saturated rings. The van der Waals surface area contributed by atoms with Gasteiger partial charge in [-0.3, -0.25) is 0 Å². The lowest BCUT2D eigenvalue weighted by Crippen LogP contribution is -2.06. The predicted octanol–water partition coefficient (Wildman–Crippen LogP) is 0.902. The Morgan fingerprint density at radius 3 is 2.00 bits per heavy atom. The fraction of sp³-hybridized carbons (Fsp3) is 1.00. The molecule has 2 rings (SSSR count). The lowest BCUT2D eigenvalue weighted by atomic mass is 10.1. The molecular weight excluding hydrogens is 86.1 g/mol. The lowest BCUT2D eigenvalue weighted by molar-refractivity contribution is 0.656. The van der Waals surface area contributed by atoms with Crippen LogP contribution in [0.4, 0.5) is 0 Å². The van der Waals surface area contributed by atoms with Crippen molar-refractivity contribution in [3.05, 3.63) is 0 Å². The maximum Gasteiger partial charge on any atom is 0.0307 e. The third-order valence-electron chi connectivity index (χ3n) is 2.24. The van der Waals surface area contributed by atoms with E-state index in [0.717, 1.165) is 0 Å². The molecule has 1 aliphatic heterocycles. The van der Waals surface area contributed by atoms with Gasteiger partial charge in [0, 0.05) is 12.1 Å². The van der Waals surface area contributed by atoms with Gasteiger partial charge in [0.05, 0.1) is 0 Å². The van der Waals surface area contributed by atoms with E-state index in [0.29, 0.717) is 5.54 Å². The molecule has 2 aliphatic rings. The maximum absolute atomic E-state index is 3.41. The minimum absolute atomic E-state index is 0.694. The summed E-state index contributed by atoms with van der Waals surface area (Å²) in [6, 6.07) is 0. The summed E-state index contributed by atoms with van der Waals surface area (Å²) in [5.74, 6) is 0. The van der Waals surface area contributed by atoms with Gasteiger partial charge in [0.1, 0.15) is 0 Å². The van der Waals surface area contributed by atoms with Crippen LogP contribution in [0.5, 0.6) is 0 Å². The first kappa shape index (κ1) is 3.90. The van der Waals surface area contributed by atoms with Crippen molar-refractivity contribution in [2.24, 2.45) is 0 Å². The molecule has 1 saturated carbocycles. The Morgan fingerprint density at radius 2 is 1.71 bits per heavy atom. The smallest absolute Gasteiger partial charge is 0.0307 e. The van der Waals surface area contributed by atoms with Gasteiger partial charge in [-0.25, -0.2) is 0 Å². The van der Waals surface area contributed by atoms with E-state index >= 15 is 0 Å². The number of hydrogen-bond acceptors (Lipinski definition) is 1. The van der Waals surface area contributed by atoms with Crippen LogP contribution in [-0.2, 0) is 0 Å². The van der Waals surface area contributed by atoms with Crippen molar-refractivity contribution in [2.45, 2.75) is 31.2 Å². The van der Waals surface area contributed by atoms with Crippen molar-refractivity contribution in [2.75, 3.05) is 6.54 Å². The predicted molar refractivity (Wildman–Crippen MR) is 29.2 cm³/mol. The third-order valence-corrected chi connectivity index (χ3v) is 2.24. The van der Waals surface area contributed by atoms with Gasteiger partial charge in [-0.1, -0.05) is 12.8 Å². The highest BCUT2D eigenvalue weighted by atomic mass is 15.2. The van der Waals surface area contributed by atoms with Crippen LogP contribution in [0.15, 0.2) is 0 Å². The van der Waals surface area contributed by atoms with Crippen LogP contribution >= 0.6 is 0 Å². The quantitative estimate of drug-likeness (QED) is 0.446. The SMILES string of the molecule is C1CCC2(C1)CN2. The van der Waals surface area contributed by atoms with E-state index in [1.54, 1.807) is 0 Å². The second-order valence-electron chi connectivity index (χ2n) is 2.84. The highest BCUT2D eigenvalue weighted by Crippen LogP contribution is 2.36. The largest absolute Gasteiger partial charge is 0.308 e. The zero-order valence-electron chi connectivity index (χ0n) is 4.54. The summed E-state index contributed by atoms with van der Waals surface area (Å²) >= 11 is 0. The fourth-order valence-electron chi connectivity index (χ4n) is 1.53. The molecule has 1 aliphatic carbocycles. The third kappa shape index (κ3) is 0.480. The van der Waals surface area contributed by atoms with Crippen LogP contribution in [0.2, 0.25) is 0 Å². The molecule has 1 N–H and O–H groups in total. The van der Waals surface area contributed by atoms with Gasteiger partial charge in [-0.2, -0.15) is 0 Å². The molecule has 0 aromatic carbocycles. The van der Waals surface area contributed by atoms with Crippen LogP contribution in [0, 0.1) is 0 Å². The highest BCUT2D eigenvalue weighted by Gasteiger charge is 2.43. The molecule has 0 bridgehead atoms. The summed E-state index contributed by atoms with van der Waals surface area (Å²) in [7, 11) is 0.